The summed E-state index contributed by atoms with van der Waals surface area (Å²) in [6, 6.07) is 12.4. The van der Waals surface area contributed by atoms with E-state index in [9.17, 15) is 23.1 Å². The standard InChI is InChI=1S/C31H44N4O7S/c1-21(2)15-30(37)35(33-31(38)25-11-8-14-32-25)26(16-23-9-6-5-7-10-23)27(36)19-34(18-22(3)4)43(39,40)24-12-13-28-29(17-24)42-20-41-28/h5-7,9-10,12-13,17,21-22,25-27,32,36H,8,11,14-16,18-20H2,1-4H3,(H,33,38)/t25?,26?,27-/m1/s1. The van der Waals surface area contributed by atoms with Gasteiger partial charge in [0.2, 0.25) is 22.7 Å². The van der Waals surface area contributed by atoms with E-state index in [2.05, 4.69) is 10.7 Å². The van der Waals surface area contributed by atoms with E-state index in [0.717, 1.165) is 12.0 Å². The molecule has 2 aliphatic heterocycles. The third kappa shape index (κ3) is 8.47. The van der Waals surface area contributed by atoms with Crippen LogP contribution in [0.2, 0.25) is 0 Å². The van der Waals surface area contributed by atoms with Crippen molar-refractivity contribution >= 4 is 21.8 Å². The zero-order valence-electron chi connectivity index (χ0n) is 25.4. The molecule has 12 heteroatoms. The molecule has 43 heavy (non-hydrogen) atoms. The highest BCUT2D eigenvalue weighted by Gasteiger charge is 2.37. The van der Waals surface area contributed by atoms with Crippen LogP contribution in [0.1, 0.15) is 52.5 Å². The first-order valence-corrected chi connectivity index (χ1v) is 16.4. The third-order valence-corrected chi connectivity index (χ3v) is 9.29. The van der Waals surface area contributed by atoms with Crippen LogP contribution in [0.5, 0.6) is 11.5 Å². The number of aliphatic hydroxyl groups excluding tert-OH is 1. The zero-order valence-corrected chi connectivity index (χ0v) is 26.2. The fourth-order valence-electron chi connectivity index (χ4n) is 5.33. The first-order valence-electron chi connectivity index (χ1n) is 14.9. The molecule has 236 valence electrons. The molecule has 2 aromatic rings. The Hall–Kier alpha value is -3.19. The number of nitrogens with zero attached hydrogens (tertiary/aromatic N) is 2. The van der Waals surface area contributed by atoms with Gasteiger partial charge in [0.25, 0.3) is 5.91 Å². The first-order chi connectivity index (χ1) is 20.5. The predicted octanol–water partition coefficient (Wildman–Crippen LogP) is 2.69. The molecule has 0 radical (unpaired) electrons. The van der Waals surface area contributed by atoms with E-state index in [1.807, 2.05) is 58.0 Å². The minimum absolute atomic E-state index is 0.00477. The number of aliphatic hydroxyl groups is 1. The number of benzene rings is 2. The number of hydrogen-bond acceptors (Lipinski definition) is 8. The zero-order chi connectivity index (χ0) is 31.1. The molecular weight excluding hydrogens is 572 g/mol. The van der Waals surface area contributed by atoms with Crippen LogP contribution in [0.3, 0.4) is 0 Å². The number of carbonyl (C=O) groups is 2. The normalized spacial score (nSPS) is 17.8. The van der Waals surface area contributed by atoms with E-state index in [0.29, 0.717) is 24.5 Å². The summed E-state index contributed by atoms with van der Waals surface area (Å²) < 4.78 is 39.9. The minimum atomic E-state index is -4.08. The van der Waals surface area contributed by atoms with Crippen LogP contribution in [-0.2, 0) is 26.0 Å². The summed E-state index contributed by atoms with van der Waals surface area (Å²) in [5.74, 6) is 0.0263. The third-order valence-electron chi connectivity index (χ3n) is 7.46. The van der Waals surface area contributed by atoms with E-state index in [1.165, 1.54) is 21.4 Å². The Morgan fingerprint density at radius 2 is 1.74 bits per heavy atom. The summed E-state index contributed by atoms with van der Waals surface area (Å²) in [5, 5.41) is 16.2. The molecule has 3 N–H and O–H groups in total. The maximum atomic E-state index is 13.9. The second-order valence-corrected chi connectivity index (χ2v) is 14.0. The number of hydrazine groups is 1. The summed E-state index contributed by atoms with van der Waals surface area (Å²) in [5.41, 5.74) is 3.63. The summed E-state index contributed by atoms with van der Waals surface area (Å²) in [6.45, 7) is 8.14. The van der Waals surface area contributed by atoms with Gasteiger partial charge in [0.15, 0.2) is 11.5 Å². The van der Waals surface area contributed by atoms with Crippen molar-refractivity contribution in [2.45, 2.75) is 76.5 Å². The van der Waals surface area contributed by atoms with E-state index in [1.54, 1.807) is 6.07 Å². The monoisotopic (exact) mass is 616 g/mol. The van der Waals surface area contributed by atoms with Crippen molar-refractivity contribution in [3.05, 3.63) is 54.1 Å². The van der Waals surface area contributed by atoms with Gasteiger partial charge in [0.05, 0.1) is 23.1 Å². The molecule has 2 heterocycles. The Kier molecular flexibility index (Phi) is 11.0. The second-order valence-electron chi connectivity index (χ2n) is 12.0. The molecule has 1 saturated heterocycles. The number of nitrogens with one attached hydrogen (secondary N) is 2. The maximum Gasteiger partial charge on any atom is 0.255 e. The number of ether oxygens (including phenoxy) is 2. The van der Waals surface area contributed by atoms with Gasteiger partial charge in [0.1, 0.15) is 0 Å². The number of hydrogen-bond donors (Lipinski definition) is 3. The van der Waals surface area contributed by atoms with Crippen molar-refractivity contribution < 1.29 is 32.6 Å². The topological polar surface area (TPSA) is 138 Å². The lowest BCUT2D eigenvalue weighted by Gasteiger charge is -2.38. The molecule has 4 rings (SSSR count). The fourth-order valence-corrected chi connectivity index (χ4v) is 6.97. The first kappa shape index (κ1) is 32.7. The highest BCUT2D eigenvalue weighted by atomic mass is 32.2. The van der Waals surface area contributed by atoms with Gasteiger partial charge in [-0.25, -0.2) is 13.4 Å². The molecule has 2 aliphatic rings. The molecule has 0 aromatic heterocycles. The van der Waals surface area contributed by atoms with Gasteiger partial charge in [-0.1, -0.05) is 58.0 Å². The van der Waals surface area contributed by atoms with Crippen LogP contribution in [-0.4, -0.2) is 79.3 Å². The van der Waals surface area contributed by atoms with Gasteiger partial charge < -0.3 is 19.9 Å². The van der Waals surface area contributed by atoms with Gasteiger partial charge in [-0.05, 0) is 55.3 Å². The SMILES string of the molecule is CC(C)CC(=O)N(NC(=O)C1CCCN1)C(Cc1ccccc1)[C@H](O)CN(CC(C)C)S(=O)(=O)c1ccc2c(c1)OCO2. The average molecular weight is 617 g/mol. The highest BCUT2D eigenvalue weighted by Crippen LogP contribution is 2.35. The smallest absolute Gasteiger partial charge is 0.255 e. The van der Waals surface area contributed by atoms with E-state index in [-0.39, 0.29) is 61.3 Å². The molecule has 11 nitrogen and oxygen atoms in total. The van der Waals surface area contributed by atoms with Gasteiger partial charge >= 0.3 is 0 Å². The fraction of sp³-hybridized carbons (Fsp3) is 0.548. The Balaban J connectivity index is 1.68. The van der Waals surface area contributed by atoms with Crippen LogP contribution in [0, 0.1) is 11.8 Å². The molecule has 2 unspecified atom stereocenters. The van der Waals surface area contributed by atoms with Crippen LogP contribution >= 0.6 is 0 Å². The molecule has 1 fully saturated rings. The maximum absolute atomic E-state index is 13.9. The predicted molar refractivity (Wildman–Crippen MR) is 162 cm³/mol. The molecule has 0 bridgehead atoms. The number of rotatable bonds is 13. The van der Waals surface area contributed by atoms with Crippen LogP contribution in [0.15, 0.2) is 53.4 Å². The summed E-state index contributed by atoms with van der Waals surface area (Å²) in [4.78, 5) is 26.9. The molecule has 2 amide bonds. The van der Waals surface area contributed by atoms with Gasteiger partial charge in [0, 0.05) is 25.6 Å². The summed E-state index contributed by atoms with van der Waals surface area (Å²) >= 11 is 0. The van der Waals surface area contributed by atoms with Crippen molar-refractivity contribution in [1.82, 2.24) is 20.1 Å². The molecular formula is C31H44N4O7S. The van der Waals surface area contributed by atoms with Crippen molar-refractivity contribution in [2.24, 2.45) is 11.8 Å². The van der Waals surface area contributed by atoms with Gasteiger partial charge in [-0.3, -0.25) is 15.0 Å². The highest BCUT2D eigenvalue weighted by molar-refractivity contribution is 7.89. The van der Waals surface area contributed by atoms with Gasteiger partial charge in [-0.15, -0.1) is 0 Å². The largest absolute Gasteiger partial charge is 0.454 e. The lowest BCUT2D eigenvalue weighted by molar-refractivity contribution is -0.149. The quantitative estimate of drug-likeness (QED) is 0.292. The molecule has 0 saturated carbocycles. The Morgan fingerprint density at radius 3 is 2.40 bits per heavy atom. The summed E-state index contributed by atoms with van der Waals surface area (Å²) in [7, 11) is -4.08. The second kappa shape index (κ2) is 14.5. The number of sulfonamides is 1. The van der Waals surface area contributed by atoms with E-state index in [4.69, 9.17) is 9.47 Å². The number of amides is 2. The Bertz CT molecular complexity index is 1350. The van der Waals surface area contributed by atoms with E-state index >= 15 is 0 Å². The molecule has 2 aromatic carbocycles. The van der Waals surface area contributed by atoms with Crippen LogP contribution in [0.4, 0.5) is 0 Å². The molecule has 0 aliphatic carbocycles. The van der Waals surface area contributed by atoms with Crippen molar-refractivity contribution in [3.8, 4) is 11.5 Å². The van der Waals surface area contributed by atoms with Crippen molar-refractivity contribution in [2.75, 3.05) is 26.4 Å². The minimum Gasteiger partial charge on any atom is -0.454 e. The van der Waals surface area contributed by atoms with Crippen molar-refractivity contribution in [1.29, 1.82) is 0 Å². The average Bonchev–Trinajstić information content (AvgIpc) is 3.66. The molecule has 3 atom stereocenters. The summed E-state index contributed by atoms with van der Waals surface area (Å²) in [6.07, 6.45) is 0.483. The van der Waals surface area contributed by atoms with E-state index < -0.39 is 28.2 Å². The van der Waals surface area contributed by atoms with Crippen LogP contribution < -0.4 is 20.2 Å². The van der Waals surface area contributed by atoms with Gasteiger partial charge in [-0.2, -0.15) is 4.31 Å². The van der Waals surface area contributed by atoms with Crippen molar-refractivity contribution in [3.63, 3.8) is 0 Å². The lowest BCUT2D eigenvalue weighted by Crippen LogP contribution is -2.61. The number of carbonyl (C=O) groups excluding carboxylic acids is 2. The van der Waals surface area contributed by atoms with Crippen LogP contribution in [0.25, 0.3) is 0 Å². The Morgan fingerprint density at radius 1 is 1.02 bits per heavy atom. The lowest BCUT2D eigenvalue weighted by atomic mass is 9.99. The molecule has 0 spiro atoms. The Labute approximate surface area is 254 Å². The number of fused-ring (bicyclic) bond motifs is 1.